The first kappa shape index (κ1) is 23.7. The molecule has 1 saturated heterocycles. The van der Waals surface area contributed by atoms with Crippen molar-refractivity contribution in [3.63, 3.8) is 0 Å². The number of rotatable bonds is 4. The molecule has 0 bridgehead atoms. The molecule has 35 heavy (non-hydrogen) atoms. The molecule has 178 valence electrons. The Hall–Kier alpha value is -3.00. The zero-order valence-corrected chi connectivity index (χ0v) is 21.6. The maximum absolute atomic E-state index is 6.98. The number of nitrogens with one attached hydrogen (secondary N) is 1. The lowest BCUT2D eigenvalue weighted by molar-refractivity contribution is 0.00578. The van der Waals surface area contributed by atoms with Gasteiger partial charge in [0, 0.05) is 27.9 Å². The van der Waals surface area contributed by atoms with Gasteiger partial charge in [0.05, 0.1) is 16.7 Å². The van der Waals surface area contributed by atoms with Crippen molar-refractivity contribution in [2.75, 3.05) is 5.32 Å². The Balaban J connectivity index is 1.54. The molecule has 0 amide bonds. The Bertz CT molecular complexity index is 1420. The predicted molar refractivity (Wildman–Crippen MR) is 143 cm³/mol. The van der Waals surface area contributed by atoms with E-state index in [0.717, 1.165) is 38.9 Å². The molecule has 2 aromatic heterocycles. The van der Waals surface area contributed by atoms with E-state index in [0.29, 0.717) is 16.7 Å². The largest absolute Gasteiger partial charge is 0.496 e. The van der Waals surface area contributed by atoms with Crippen molar-refractivity contribution in [3.05, 3.63) is 71.1 Å². The quantitative estimate of drug-likeness (QED) is 0.357. The summed E-state index contributed by atoms with van der Waals surface area (Å²) in [5, 5.41) is 4.09. The van der Waals surface area contributed by atoms with Crippen LogP contribution in [0.4, 0.5) is 11.5 Å². The second kappa shape index (κ2) is 8.59. The fourth-order valence-electron chi connectivity index (χ4n) is 4.27. The second-order valence-corrected chi connectivity index (χ2v) is 10.3. The number of aromatic nitrogens is 3. The molecule has 1 N–H and O–H groups in total. The second-order valence-electron chi connectivity index (χ2n) is 9.89. The van der Waals surface area contributed by atoms with E-state index in [1.54, 1.807) is 6.20 Å². The number of fused-ring (bicyclic) bond motifs is 1. The summed E-state index contributed by atoms with van der Waals surface area (Å²) >= 11 is 6.98. The van der Waals surface area contributed by atoms with Crippen LogP contribution in [0, 0.1) is 13.8 Å². The number of nitrogens with zero attached hydrogens (tertiary/aromatic N) is 3. The SMILES string of the molecule is Cc1nc(Nc2cccc(-c3cccc(B4OC(C)(C)C(C)(C)O4)c3Cl)c2C)c2ncccc2n1. The van der Waals surface area contributed by atoms with E-state index >= 15 is 0 Å². The van der Waals surface area contributed by atoms with Crippen molar-refractivity contribution in [1.29, 1.82) is 0 Å². The highest BCUT2D eigenvalue weighted by atomic mass is 35.5. The molecule has 0 atom stereocenters. The summed E-state index contributed by atoms with van der Waals surface area (Å²) < 4.78 is 12.5. The summed E-state index contributed by atoms with van der Waals surface area (Å²) in [6.07, 6.45) is 1.75. The van der Waals surface area contributed by atoms with E-state index in [4.69, 9.17) is 20.9 Å². The van der Waals surface area contributed by atoms with E-state index in [1.165, 1.54) is 0 Å². The summed E-state index contributed by atoms with van der Waals surface area (Å²) in [6, 6.07) is 15.9. The highest BCUT2D eigenvalue weighted by Crippen LogP contribution is 2.39. The van der Waals surface area contributed by atoms with Crippen molar-refractivity contribution in [3.8, 4) is 11.1 Å². The lowest BCUT2D eigenvalue weighted by atomic mass is 9.77. The first-order valence-electron chi connectivity index (χ1n) is 11.7. The normalized spacial score (nSPS) is 16.6. The van der Waals surface area contributed by atoms with E-state index in [2.05, 4.69) is 33.3 Å². The number of hydrogen-bond acceptors (Lipinski definition) is 6. The van der Waals surface area contributed by atoms with E-state index in [9.17, 15) is 0 Å². The maximum Gasteiger partial charge on any atom is 0.496 e. The van der Waals surface area contributed by atoms with Crippen LogP contribution in [0.3, 0.4) is 0 Å². The third-order valence-electron chi connectivity index (χ3n) is 6.98. The third kappa shape index (κ3) is 4.18. The van der Waals surface area contributed by atoms with E-state index < -0.39 is 18.3 Å². The molecular weight excluding hydrogens is 459 g/mol. The van der Waals surface area contributed by atoms with Gasteiger partial charge < -0.3 is 14.6 Å². The Morgan fingerprint density at radius 2 is 1.54 bits per heavy atom. The molecule has 1 fully saturated rings. The molecule has 0 radical (unpaired) electrons. The van der Waals surface area contributed by atoms with Crippen LogP contribution in [0.5, 0.6) is 0 Å². The van der Waals surface area contributed by atoms with Gasteiger partial charge in [0.15, 0.2) is 5.82 Å². The van der Waals surface area contributed by atoms with Crippen molar-refractivity contribution < 1.29 is 9.31 Å². The molecule has 8 heteroatoms. The van der Waals surface area contributed by atoms with Gasteiger partial charge in [-0.05, 0) is 70.9 Å². The molecule has 1 aliphatic rings. The first-order valence-corrected chi connectivity index (χ1v) is 12.1. The highest BCUT2D eigenvalue weighted by molar-refractivity contribution is 6.66. The van der Waals surface area contributed by atoms with Gasteiger partial charge in [-0.25, -0.2) is 9.97 Å². The summed E-state index contributed by atoms with van der Waals surface area (Å²) in [7, 11) is -0.532. The van der Waals surface area contributed by atoms with Crippen LogP contribution in [-0.4, -0.2) is 33.3 Å². The predicted octanol–water partition coefficient (Wildman–Crippen LogP) is 6.00. The average molecular weight is 487 g/mol. The smallest absolute Gasteiger partial charge is 0.399 e. The van der Waals surface area contributed by atoms with Crippen LogP contribution in [0.25, 0.3) is 22.2 Å². The zero-order valence-electron chi connectivity index (χ0n) is 20.8. The zero-order chi connectivity index (χ0) is 25.0. The molecule has 1 aliphatic heterocycles. The monoisotopic (exact) mass is 486 g/mol. The molecule has 0 unspecified atom stereocenters. The van der Waals surface area contributed by atoms with E-state index in [-0.39, 0.29) is 0 Å². The maximum atomic E-state index is 6.98. The fourth-order valence-corrected chi connectivity index (χ4v) is 4.59. The van der Waals surface area contributed by atoms with Crippen molar-refractivity contribution >= 4 is 46.7 Å². The van der Waals surface area contributed by atoms with Gasteiger partial charge in [0.1, 0.15) is 11.3 Å². The minimum Gasteiger partial charge on any atom is -0.399 e. The standard InChI is InChI=1S/C27H28BClN4O2/c1-16-18(19-11-7-12-20(23(19)29)28-34-26(3,4)27(5,6)35-28)10-8-13-21(16)33-25-24-22(14-9-15-30-24)31-17(2)32-25/h7-15H,1-6H3,(H,31,32,33). The minimum atomic E-state index is -0.532. The molecule has 0 spiro atoms. The van der Waals surface area contributed by atoms with Gasteiger partial charge in [-0.15, -0.1) is 0 Å². The van der Waals surface area contributed by atoms with Crippen LogP contribution in [0.2, 0.25) is 5.02 Å². The Morgan fingerprint density at radius 1 is 0.857 bits per heavy atom. The van der Waals surface area contributed by atoms with Crippen LogP contribution in [0.15, 0.2) is 54.7 Å². The molecule has 2 aromatic carbocycles. The van der Waals surface area contributed by atoms with Crippen LogP contribution >= 0.6 is 11.6 Å². The molecular formula is C27H28BClN4O2. The van der Waals surface area contributed by atoms with Gasteiger partial charge in [0.2, 0.25) is 0 Å². The Labute approximate surface area is 211 Å². The summed E-state index contributed by atoms with van der Waals surface area (Å²) in [5.41, 5.74) is 5.36. The lowest BCUT2D eigenvalue weighted by Crippen LogP contribution is -2.41. The number of halogens is 1. The van der Waals surface area contributed by atoms with Gasteiger partial charge in [0.25, 0.3) is 0 Å². The molecule has 5 rings (SSSR count). The minimum absolute atomic E-state index is 0.441. The summed E-state index contributed by atoms with van der Waals surface area (Å²) in [6.45, 7) is 12.1. The fraction of sp³-hybridized carbons (Fsp3) is 0.296. The van der Waals surface area contributed by atoms with Gasteiger partial charge in [-0.1, -0.05) is 41.9 Å². The number of anilines is 2. The van der Waals surface area contributed by atoms with Gasteiger partial charge in [-0.3, -0.25) is 4.98 Å². The highest BCUT2D eigenvalue weighted by Gasteiger charge is 2.52. The summed E-state index contributed by atoms with van der Waals surface area (Å²) in [4.78, 5) is 13.6. The first-order chi connectivity index (χ1) is 16.6. The van der Waals surface area contributed by atoms with Crippen LogP contribution in [-0.2, 0) is 9.31 Å². The number of pyridine rings is 1. The molecule has 4 aromatic rings. The van der Waals surface area contributed by atoms with Crippen LogP contribution < -0.4 is 10.8 Å². The third-order valence-corrected chi connectivity index (χ3v) is 7.40. The van der Waals surface area contributed by atoms with Crippen molar-refractivity contribution in [1.82, 2.24) is 15.0 Å². The number of aryl methyl sites for hydroxylation is 1. The van der Waals surface area contributed by atoms with Crippen molar-refractivity contribution in [2.45, 2.75) is 52.7 Å². The van der Waals surface area contributed by atoms with Crippen LogP contribution in [0.1, 0.15) is 39.1 Å². The Kier molecular flexibility index (Phi) is 5.82. The Morgan fingerprint density at radius 3 is 2.29 bits per heavy atom. The van der Waals surface area contributed by atoms with Gasteiger partial charge >= 0.3 is 7.12 Å². The summed E-state index contributed by atoms with van der Waals surface area (Å²) in [5.74, 6) is 1.35. The van der Waals surface area contributed by atoms with E-state index in [1.807, 2.05) is 77.1 Å². The molecule has 3 heterocycles. The topological polar surface area (TPSA) is 69.2 Å². The lowest BCUT2D eigenvalue weighted by Gasteiger charge is -2.32. The van der Waals surface area contributed by atoms with Gasteiger partial charge in [-0.2, -0.15) is 0 Å². The number of benzene rings is 2. The number of hydrogen-bond donors (Lipinski definition) is 1. The molecule has 0 aliphatic carbocycles. The van der Waals surface area contributed by atoms with Crippen molar-refractivity contribution in [2.24, 2.45) is 0 Å². The molecule has 6 nitrogen and oxygen atoms in total. The average Bonchev–Trinajstić information content (AvgIpc) is 3.02. The molecule has 0 saturated carbocycles.